The van der Waals surface area contributed by atoms with Crippen molar-refractivity contribution in [2.45, 2.75) is 12.6 Å². The molecule has 100 valence electrons. The maximum atomic E-state index is 12.6. The molecule has 5 nitrogen and oxygen atoms in total. The lowest BCUT2D eigenvalue weighted by atomic mass is 10.2. The summed E-state index contributed by atoms with van der Waals surface area (Å²) in [5.41, 5.74) is -2.34. The van der Waals surface area contributed by atoms with Gasteiger partial charge in [-0.2, -0.15) is 13.2 Å². The summed E-state index contributed by atoms with van der Waals surface area (Å²) in [6.45, 7) is 0.476. The summed E-state index contributed by atoms with van der Waals surface area (Å²) >= 11 is 0. The number of hydrogen-bond acceptors (Lipinski definition) is 4. The Morgan fingerprint density at radius 2 is 2.06 bits per heavy atom. The van der Waals surface area contributed by atoms with Crippen molar-refractivity contribution in [1.29, 1.82) is 0 Å². The summed E-state index contributed by atoms with van der Waals surface area (Å²) in [7, 11) is 3.52. The predicted octanol–water partition coefficient (Wildman–Crippen LogP) is 1.30. The lowest BCUT2D eigenvalue weighted by Gasteiger charge is -2.12. The van der Waals surface area contributed by atoms with Crippen LogP contribution in [0, 0.1) is 0 Å². The van der Waals surface area contributed by atoms with Gasteiger partial charge in [0.25, 0.3) is 0 Å². The average molecular weight is 263 g/mol. The molecule has 0 bridgehead atoms. The van der Waals surface area contributed by atoms with E-state index in [2.05, 4.69) is 9.97 Å². The molecule has 0 aliphatic rings. The molecule has 0 unspecified atom stereocenters. The van der Waals surface area contributed by atoms with Gasteiger partial charge in [0.15, 0.2) is 5.69 Å². The van der Waals surface area contributed by atoms with Crippen LogP contribution >= 0.6 is 0 Å². The Hall–Kier alpha value is -1.70. The molecule has 0 aliphatic heterocycles. The third kappa shape index (κ3) is 3.66. The highest BCUT2D eigenvalue weighted by atomic mass is 19.4. The number of aromatic carboxylic acids is 1. The molecule has 1 aromatic rings. The van der Waals surface area contributed by atoms with Gasteiger partial charge in [-0.05, 0) is 14.1 Å². The standard InChI is InChI=1S/C10H12F3N3O2/c1-16(2)4-3-7-14-5-6(9(17)18)8(15-7)10(11,12)13/h5H,3-4H2,1-2H3,(H,17,18). The van der Waals surface area contributed by atoms with Gasteiger partial charge in [0.2, 0.25) is 0 Å². The van der Waals surface area contributed by atoms with Gasteiger partial charge >= 0.3 is 12.1 Å². The van der Waals surface area contributed by atoms with Gasteiger partial charge in [-0.25, -0.2) is 14.8 Å². The summed E-state index contributed by atoms with van der Waals surface area (Å²) in [4.78, 5) is 19.3. The van der Waals surface area contributed by atoms with Gasteiger partial charge in [-0.1, -0.05) is 0 Å². The van der Waals surface area contributed by atoms with Gasteiger partial charge in [-0.3, -0.25) is 0 Å². The van der Waals surface area contributed by atoms with E-state index in [4.69, 9.17) is 5.11 Å². The Bertz CT molecular complexity index is 446. The molecule has 8 heteroatoms. The van der Waals surface area contributed by atoms with Crippen LogP contribution in [-0.4, -0.2) is 46.6 Å². The van der Waals surface area contributed by atoms with Gasteiger partial charge in [0.05, 0.1) is 0 Å². The zero-order chi connectivity index (χ0) is 13.9. The van der Waals surface area contributed by atoms with E-state index in [-0.39, 0.29) is 12.2 Å². The van der Waals surface area contributed by atoms with Crippen molar-refractivity contribution in [3.05, 3.63) is 23.3 Å². The zero-order valence-corrected chi connectivity index (χ0v) is 9.82. The molecule has 0 radical (unpaired) electrons. The second-order valence-electron chi connectivity index (χ2n) is 3.90. The molecule has 0 aromatic carbocycles. The number of nitrogens with zero attached hydrogens (tertiary/aromatic N) is 3. The maximum Gasteiger partial charge on any atom is 0.434 e. The first-order valence-corrected chi connectivity index (χ1v) is 5.03. The molecule has 0 fully saturated rings. The Labute approximate surface area is 101 Å². The predicted molar refractivity (Wildman–Crippen MR) is 56.3 cm³/mol. The molecule has 1 heterocycles. The first-order chi connectivity index (χ1) is 8.21. The number of likely N-dealkylation sites (N-methyl/N-ethyl adjacent to an activating group) is 1. The second-order valence-corrected chi connectivity index (χ2v) is 3.90. The third-order valence-corrected chi connectivity index (χ3v) is 2.12. The van der Waals surface area contributed by atoms with Gasteiger partial charge < -0.3 is 10.0 Å². The van der Waals surface area contributed by atoms with Crippen molar-refractivity contribution in [3.8, 4) is 0 Å². The van der Waals surface area contributed by atoms with Gasteiger partial charge in [-0.15, -0.1) is 0 Å². The van der Waals surface area contributed by atoms with E-state index in [0.29, 0.717) is 12.7 Å². The lowest BCUT2D eigenvalue weighted by Crippen LogP contribution is -2.20. The molecule has 0 spiro atoms. The topological polar surface area (TPSA) is 66.3 Å². The largest absolute Gasteiger partial charge is 0.478 e. The Kier molecular flexibility index (Phi) is 4.23. The number of carboxylic acids is 1. The van der Waals surface area contributed by atoms with Crippen molar-refractivity contribution >= 4 is 5.97 Å². The smallest absolute Gasteiger partial charge is 0.434 e. The summed E-state index contributed by atoms with van der Waals surface area (Å²) in [6, 6.07) is 0. The number of hydrogen-bond donors (Lipinski definition) is 1. The molecule has 0 aliphatic carbocycles. The van der Waals surface area contributed by atoms with Crippen LogP contribution in [0.3, 0.4) is 0 Å². The SMILES string of the molecule is CN(C)CCc1ncc(C(=O)O)c(C(F)(F)F)n1. The maximum absolute atomic E-state index is 12.6. The summed E-state index contributed by atoms with van der Waals surface area (Å²) in [5, 5.41) is 8.65. The fourth-order valence-electron chi connectivity index (χ4n) is 1.24. The highest BCUT2D eigenvalue weighted by Crippen LogP contribution is 2.30. The molecule has 0 atom stereocenters. The molecule has 0 amide bonds. The molecule has 1 rings (SSSR count). The van der Waals surface area contributed by atoms with E-state index in [1.165, 1.54) is 0 Å². The van der Waals surface area contributed by atoms with Crippen LogP contribution < -0.4 is 0 Å². The highest BCUT2D eigenvalue weighted by molar-refractivity contribution is 5.88. The second kappa shape index (κ2) is 5.30. The Morgan fingerprint density at radius 1 is 1.44 bits per heavy atom. The molecule has 1 aromatic heterocycles. The summed E-state index contributed by atoms with van der Waals surface area (Å²) in [6.07, 6.45) is -3.89. The molecule has 0 saturated carbocycles. The summed E-state index contributed by atoms with van der Waals surface area (Å²) in [5.74, 6) is -1.72. The molecular formula is C10H12F3N3O2. The van der Waals surface area contributed by atoms with Crippen LogP contribution in [0.15, 0.2) is 6.20 Å². The first-order valence-electron chi connectivity index (χ1n) is 5.03. The van der Waals surface area contributed by atoms with E-state index in [9.17, 15) is 18.0 Å². The van der Waals surface area contributed by atoms with Gasteiger partial charge in [0.1, 0.15) is 11.4 Å². The average Bonchev–Trinajstić information content (AvgIpc) is 2.24. The zero-order valence-electron chi connectivity index (χ0n) is 9.82. The van der Waals surface area contributed by atoms with E-state index < -0.39 is 23.4 Å². The molecular weight excluding hydrogens is 251 g/mol. The monoisotopic (exact) mass is 263 g/mol. The van der Waals surface area contributed by atoms with E-state index in [0.717, 1.165) is 0 Å². The number of carboxylic acid groups (broad SMARTS) is 1. The Morgan fingerprint density at radius 3 is 2.50 bits per heavy atom. The van der Waals surface area contributed by atoms with Crippen molar-refractivity contribution in [1.82, 2.24) is 14.9 Å². The molecule has 0 saturated heterocycles. The van der Waals surface area contributed by atoms with Crippen LogP contribution in [0.1, 0.15) is 21.9 Å². The van der Waals surface area contributed by atoms with Crippen LogP contribution in [0.2, 0.25) is 0 Å². The number of aromatic nitrogens is 2. The third-order valence-electron chi connectivity index (χ3n) is 2.12. The fraction of sp³-hybridized carbons (Fsp3) is 0.500. The van der Waals surface area contributed by atoms with Crippen molar-refractivity contribution in [3.63, 3.8) is 0 Å². The number of halogens is 3. The number of rotatable bonds is 4. The number of carbonyl (C=O) groups is 1. The lowest BCUT2D eigenvalue weighted by molar-refractivity contribution is -0.141. The Balaban J connectivity index is 3.10. The highest BCUT2D eigenvalue weighted by Gasteiger charge is 2.38. The van der Waals surface area contributed by atoms with Crippen LogP contribution in [0.4, 0.5) is 13.2 Å². The normalized spacial score (nSPS) is 11.9. The number of alkyl halides is 3. The van der Waals surface area contributed by atoms with Crippen LogP contribution in [0.25, 0.3) is 0 Å². The van der Waals surface area contributed by atoms with Crippen molar-refractivity contribution in [2.75, 3.05) is 20.6 Å². The van der Waals surface area contributed by atoms with Gasteiger partial charge in [0, 0.05) is 19.2 Å². The minimum Gasteiger partial charge on any atom is -0.478 e. The minimum atomic E-state index is -4.80. The fourth-order valence-corrected chi connectivity index (χ4v) is 1.24. The van der Waals surface area contributed by atoms with E-state index >= 15 is 0 Å². The quantitative estimate of drug-likeness (QED) is 0.886. The first kappa shape index (κ1) is 14.4. The summed E-state index contributed by atoms with van der Waals surface area (Å²) < 4.78 is 37.9. The minimum absolute atomic E-state index is 0.0268. The van der Waals surface area contributed by atoms with E-state index in [1.54, 1.807) is 19.0 Å². The van der Waals surface area contributed by atoms with Crippen LogP contribution in [0.5, 0.6) is 0 Å². The van der Waals surface area contributed by atoms with E-state index in [1.807, 2.05) is 0 Å². The molecule has 18 heavy (non-hydrogen) atoms. The van der Waals surface area contributed by atoms with Crippen molar-refractivity contribution < 1.29 is 23.1 Å². The van der Waals surface area contributed by atoms with Crippen LogP contribution in [-0.2, 0) is 12.6 Å². The van der Waals surface area contributed by atoms with Crippen molar-refractivity contribution in [2.24, 2.45) is 0 Å². The molecule has 1 N–H and O–H groups in total.